The van der Waals surface area contributed by atoms with E-state index in [9.17, 15) is 4.79 Å². The molecule has 2 rings (SSSR count). The van der Waals surface area contributed by atoms with Crippen LogP contribution in [-0.4, -0.2) is 17.2 Å². The van der Waals surface area contributed by atoms with Gasteiger partial charge in [0.25, 0.3) is 0 Å². The Morgan fingerprint density at radius 3 is 1.74 bits per heavy atom. The largest absolute Gasteiger partial charge is 1.00 e. The molecule has 0 aliphatic carbocycles. The molecule has 2 aromatic heterocycles. The maximum atomic E-state index is 10.6. The average Bonchev–Trinajstić information content (AvgIpc) is 3.25. The van der Waals surface area contributed by atoms with Crippen LogP contribution < -0.4 is 18.9 Å². The van der Waals surface area contributed by atoms with Gasteiger partial charge < -0.3 is 12.0 Å². The van der Waals surface area contributed by atoms with Crippen molar-refractivity contribution in [3.05, 3.63) is 51.2 Å². The SMILES string of the molecule is CC(C)(C)Cc1ccc(C(=O)O)s1.CC(C)(C)Cc1cccs1.O=C=O.[CH2-]CCC.[Li+]. The number of carbonyl (C=O) groups is 1. The first-order chi connectivity index (χ1) is 13.8. The standard InChI is InChI=1S/C10H14O2S.C9H14S.C4H9.CO2.Li/c1-10(2,3)6-7-4-5-8(13-7)9(11)12;1-9(2,3)7-8-5-4-6-10-8;1-3-4-2;2-1-3;/h4-5H,6H2,1-3H3,(H,11,12);4-6H,7H2,1-3H3;1,3-4H2,2H3;;/q;;-1;;+1. The second-order valence-corrected chi connectivity index (χ2v) is 11.3. The van der Waals surface area contributed by atoms with Gasteiger partial charge in [-0.3, -0.25) is 0 Å². The molecule has 0 saturated carbocycles. The van der Waals surface area contributed by atoms with Crippen LogP contribution in [0.1, 0.15) is 80.7 Å². The van der Waals surface area contributed by atoms with E-state index in [1.54, 1.807) is 6.07 Å². The first-order valence-electron chi connectivity index (χ1n) is 9.92. The quantitative estimate of drug-likeness (QED) is 0.542. The van der Waals surface area contributed by atoms with Crippen LogP contribution >= 0.6 is 22.7 Å². The number of hydrogen-bond acceptors (Lipinski definition) is 5. The van der Waals surface area contributed by atoms with E-state index in [0.29, 0.717) is 10.3 Å². The maximum Gasteiger partial charge on any atom is 1.00 e. The van der Waals surface area contributed by atoms with Gasteiger partial charge in [-0.25, -0.2) is 4.79 Å². The molecular weight excluding hydrogens is 423 g/mol. The number of hydrogen-bond donors (Lipinski definition) is 1. The zero-order valence-electron chi connectivity index (χ0n) is 20.4. The molecule has 2 heterocycles. The predicted octanol–water partition coefficient (Wildman–Crippen LogP) is 4.41. The minimum absolute atomic E-state index is 0. The molecule has 0 saturated heterocycles. The van der Waals surface area contributed by atoms with Crippen LogP contribution in [-0.2, 0) is 22.4 Å². The molecule has 170 valence electrons. The van der Waals surface area contributed by atoms with Crippen molar-refractivity contribution in [2.45, 2.75) is 74.1 Å². The van der Waals surface area contributed by atoms with Gasteiger partial charge >= 0.3 is 31.0 Å². The molecule has 0 atom stereocenters. The van der Waals surface area contributed by atoms with E-state index in [-0.39, 0.29) is 30.4 Å². The summed E-state index contributed by atoms with van der Waals surface area (Å²) in [6.45, 7) is 19.0. The van der Waals surface area contributed by atoms with E-state index in [1.165, 1.54) is 29.1 Å². The normalized spacial score (nSPS) is 9.94. The number of carbonyl (C=O) groups excluding carboxylic acids is 2. The Labute approximate surface area is 208 Å². The fourth-order valence-electron chi connectivity index (χ4n) is 2.05. The molecule has 1 N–H and O–H groups in total. The number of carboxylic acid groups (broad SMARTS) is 1. The number of carboxylic acids is 1. The topological polar surface area (TPSA) is 71.4 Å². The minimum Gasteiger partial charge on any atom is -0.477 e. The molecule has 0 aliphatic rings. The van der Waals surface area contributed by atoms with Crippen LogP contribution in [0.4, 0.5) is 0 Å². The van der Waals surface area contributed by atoms with Crippen LogP contribution in [0, 0.1) is 17.8 Å². The summed E-state index contributed by atoms with van der Waals surface area (Å²) >= 11 is 3.22. The Kier molecular flexibility index (Phi) is 20.5. The van der Waals surface area contributed by atoms with Gasteiger partial charge in [-0.15, -0.1) is 22.7 Å². The van der Waals surface area contributed by atoms with Crippen LogP contribution in [0.15, 0.2) is 29.6 Å². The number of thiophene rings is 2. The summed E-state index contributed by atoms with van der Waals surface area (Å²) in [5, 5.41) is 10.8. The summed E-state index contributed by atoms with van der Waals surface area (Å²) in [4.78, 5) is 29.9. The monoisotopic (exact) mass is 460 g/mol. The molecule has 0 aliphatic heterocycles. The van der Waals surface area contributed by atoms with Gasteiger partial charge in [0, 0.05) is 9.75 Å². The average molecular weight is 461 g/mol. The second kappa shape index (κ2) is 18.4. The van der Waals surface area contributed by atoms with Crippen LogP contribution in [0.5, 0.6) is 0 Å². The molecule has 0 aromatic carbocycles. The molecule has 0 amide bonds. The first kappa shape index (κ1) is 34.5. The molecule has 0 bridgehead atoms. The number of aromatic carboxylic acids is 1. The summed E-state index contributed by atoms with van der Waals surface area (Å²) in [5.41, 5.74) is 0.658. The van der Waals surface area contributed by atoms with Crippen molar-refractivity contribution in [1.82, 2.24) is 0 Å². The smallest absolute Gasteiger partial charge is 0.477 e. The molecule has 0 radical (unpaired) electrons. The van der Waals surface area contributed by atoms with Crippen LogP contribution in [0.25, 0.3) is 0 Å². The number of rotatable bonds is 4. The summed E-state index contributed by atoms with van der Waals surface area (Å²) in [7, 11) is 0. The molecule has 2 aromatic rings. The predicted molar refractivity (Wildman–Crippen MR) is 127 cm³/mol. The van der Waals surface area contributed by atoms with Crippen LogP contribution in [0.3, 0.4) is 0 Å². The van der Waals surface area contributed by atoms with E-state index in [0.717, 1.165) is 17.7 Å². The molecule has 7 heteroatoms. The van der Waals surface area contributed by atoms with Gasteiger partial charge in [-0.1, -0.05) is 61.0 Å². The van der Waals surface area contributed by atoms with E-state index >= 15 is 0 Å². The fraction of sp³-hybridized carbons (Fsp3) is 0.542. The summed E-state index contributed by atoms with van der Waals surface area (Å²) < 4.78 is 0. The fourth-order valence-corrected chi connectivity index (χ4v) is 4.20. The zero-order chi connectivity index (χ0) is 23.8. The molecule has 0 unspecified atom stereocenters. The van der Waals surface area contributed by atoms with Gasteiger partial charge in [0.1, 0.15) is 4.88 Å². The molecule has 0 fully saturated rings. The van der Waals surface area contributed by atoms with E-state index in [4.69, 9.17) is 14.7 Å². The Hall–Kier alpha value is -1.15. The molecule has 4 nitrogen and oxygen atoms in total. The van der Waals surface area contributed by atoms with E-state index < -0.39 is 5.97 Å². The minimum atomic E-state index is -0.829. The van der Waals surface area contributed by atoms with E-state index in [2.05, 4.69) is 72.9 Å². The van der Waals surface area contributed by atoms with Gasteiger partial charge in [0.2, 0.25) is 0 Å². The van der Waals surface area contributed by atoms with Gasteiger partial charge in [-0.05, 0) is 47.3 Å². The Morgan fingerprint density at radius 1 is 1.00 bits per heavy atom. The van der Waals surface area contributed by atoms with Crippen molar-refractivity contribution >= 4 is 34.8 Å². The Bertz CT molecular complexity index is 716. The third-order valence-electron chi connectivity index (χ3n) is 3.22. The van der Waals surface area contributed by atoms with Crippen molar-refractivity contribution in [3.8, 4) is 0 Å². The Balaban J connectivity index is -0.000000387. The second-order valence-electron chi connectivity index (χ2n) is 9.06. The molecular formula is C24H37LiO4S2. The third-order valence-corrected chi connectivity index (χ3v) is 5.16. The summed E-state index contributed by atoms with van der Waals surface area (Å²) in [5.74, 6) is -0.829. The van der Waals surface area contributed by atoms with Crippen molar-refractivity contribution < 1.29 is 38.4 Å². The third kappa shape index (κ3) is 23.3. The van der Waals surface area contributed by atoms with Gasteiger partial charge in [0.15, 0.2) is 0 Å². The number of unbranched alkanes of at least 4 members (excludes halogenated alkanes) is 1. The molecule has 31 heavy (non-hydrogen) atoms. The van der Waals surface area contributed by atoms with Crippen molar-refractivity contribution in [3.63, 3.8) is 0 Å². The van der Waals surface area contributed by atoms with Gasteiger partial charge in [0.05, 0.1) is 0 Å². The van der Waals surface area contributed by atoms with Crippen molar-refractivity contribution in [1.29, 1.82) is 0 Å². The van der Waals surface area contributed by atoms with Crippen LogP contribution in [0.2, 0.25) is 0 Å². The van der Waals surface area contributed by atoms with Crippen molar-refractivity contribution in [2.75, 3.05) is 0 Å². The summed E-state index contributed by atoms with van der Waals surface area (Å²) in [6, 6.07) is 7.90. The molecule has 0 spiro atoms. The maximum absolute atomic E-state index is 10.6. The Morgan fingerprint density at radius 2 is 1.45 bits per heavy atom. The zero-order valence-corrected chi connectivity index (χ0v) is 22.0. The first-order valence-corrected chi connectivity index (χ1v) is 11.6. The van der Waals surface area contributed by atoms with Gasteiger partial charge in [-0.2, -0.15) is 16.0 Å². The van der Waals surface area contributed by atoms with Crippen molar-refractivity contribution in [2.24, 2.45) is 10.8 Å². The van der Waals surface area contributed by atoms with E-state index in [1.807, 2.05) is 17.4 Å². The summed E-state index contributed by atoms with van der Waals surface area (Å²) in [6.07, 6.45) is 4.66.